The molecular formula is C25H29N5O3S. The summed E-state index contributed by atoms with van der Waals surface area (Å²) in [6.07, 6.45) is 3.36. The fraction of sp³-hybridized carbons (Fsp3) is 0.320. The first-order valence-corrected chi connectivity index (χ1v) is 12.1. The lowest BCUT2D eigenvalue weighted by Crippen LogP contribution is -2.47. The number of piperazine rings is 1. The first kappa shape index (κ1) is 23.7. The number of anilines is 3. The number of carbonyl (C=O) groups excluding carboxylic acids is 1. The van der Waals surface area contributed by atoms with Crippen molar-refractivity contribution in [1.82, 2.24) is 9.97 Å². The van der Waals surface area contributed by atoms with E-state index >= 15 is 0 Å². The third-order valence-corrected chi connectivity index (χ3v) is 6.59. The predicted octanol–water partition coefficient (Wildman–Crippen LogP) is 3.86. The predicted molar refractivity (Wildman–Crippen MR) is 137 cm³/mol. The number of aromatic nitrogens is 2. The number of aryl methyl sites for hydroxylation is 1. The summed E-state index contributed by atoms with van der Waals surface area (Å²) in [5.74, 6) is 2.43. The zero-order valence-corrected chi connectivity index (χ0v) is 20.5. The number of para-hydroxylation sites is 2. The molecule has 34 heavy (non-hydrogen) atoms. The molecule has 9 heteroatoms. The van der Waals surface area contributed by atoms with Crippen LogP contribution in [0.3, 0.4) is 0 Å². The molecule has 8 nitrogen and oxygen atoms in total. The first-order valence-electron chi connectivity index (χ1n) is 11.1. The van der Waals surface area contributed by atoms with Gasteiger partial charge in [-0.05, 0) is 36.8 Å². The maximum absolute atomic E-state index is 12.6. The fourth-order valence-electron chi connectivity index (χ4n) is 3.93. The molecule has 0 atom stereocenters. The smallest absolute Gasteiger partial charge is 0.234 e. The van der Waals surface area contributed by atoms with Gasteiger partial charge >= 0.3 is 0 Å². The highest BCUT2D eigenvalue weighted by molar-refractivity contribution is 8.00. The molecule has 1 aliphatic rings. The molecule has 1 aromatic heterocycles. The molecule has 0 spiro atoms. The van der Waals surface area contributed by atoms with Gasteiger partial charge in [-0.1, -0.05) is 30.0 Å². The molecule has 0 bridgehead atoms. The normalized spacial score (nSPS) is 13.5. The van der Waals surface area contributed by atoms with E-state index in [9.17, 15) is 4.79 Å². The van der Waals surface area contributed by atoms with E-state index in [4.69, 9.17) is 9.47 Å². The Balaban J connectivity index is 1.38. The van der Waals surface area contributed by atoms with Crippen molar-refractivity contribution in [3.63, 3.8) is 0 Å². The molecule has 0 saturated carbocycles. The number of amides is 1. The molecule has 1 saturated heterocycles. The van der Waals surface area contributed by atoms with Crippen LogP contribution in [0.25, 0.3) is 0 Å². The number of ether oxygens (including phenoxy) is 2. The van der Waals surface area contributed by atoms with Crippen LogP contribution in [0.1, 0.15) is 5.56 Å². The number of methoxy groups -OCH3 is 2. The average molecular weight is 480 g/mol. The molecule has 2 heterocycles. The molecule has 2 aromatic carbocycles. The Kier molecular flexibility index (Phi) is 7.74. The Hall–Kier alpha value is -3.46. The quantitative estimate of drug-likeness (QED) is 0.488. The molecule has 0 radical (unpaired) electrons. The van der Waals surface area contributed by atoms with Crippen molar-refractivity contribution in [2.45, 2.75) is 11.9 Å². The minimum absolute atomic E-state index is 0.119. The Labute approximate surface area is 204 Å². The van der Waals surface area contributed by atoms with Gasteiger partial charge in [-0.25, -0.2) is 9.97 Å². The lowest BCUT2D eigenvalue weighted by Gasteiger charge is -2.37. The highest BCUT2D eigenvalue weighted by atomic mass is 32.2. The van der Waals surface area contributed by atoms with Gasteiger partial charge in [-0.15, -0.1) is 0 Å². The van der Waals surface area contributed by atoms with Crippen molar-refractivity contribution in [3.8, 4) is 11.5 Å². The van der Waals surface area contributed by atoms with Gasteiger partial charge in [-0.2, -0.15) is 0 Å². The van der Waals surface area contributed by atoms with Crippen LogP contribution < -0.4 is 24.6 Å². The van der Waals surface area contributed by atoms with Gasteiger partial charge in [0.2, 0.25) is 5.91 Å². The number of carbonyl (C=O) groups is 1. The number of nitrogens with one attached hydrogen (secondary N) is 1. The zero-order valence-electron chi connectivity index (χ0n) is 19.7. The van der Waals surface area contributed by atoms with E-state index in [1.54, 1.807) is 26.6 Å². The van der Waals surface area contributed by atoms with E-state index in [0.717, 1.165) is 54.0 Å². The van der Waals surface area contributed by atoms with E-state index in [1.807, 2.05) is 43.3 Å². The maximum atomic E-state index is 12.6. The van der Waals surface area contributed by atoms with E-state index in [1.165, 1.54) is 11.8 Å². The summed E-state index contributed by atoms with van der Waals surface area (Å²) in [7, 11) is 3.29. The standard InChI is InChI=1S/C25H29N5O3S/c1-18-8-9-21(32-2)19(16-18)28-23(31)17-34-25-24(26-10-11-27-25)30-14-12-29(13-15-30)20-6-4-5-7-22(20)33-3/h4-11,16H,12-15,17H2,1-3H3,(H,28,31). The average Bonchev–Trinajstić information content (AvgIpc) is 2.88. The third-order valence-electron chi connectivity index (χ3n) is 5.62. The van der Waals surface area contributed by atoms with Gasteiger partial charge in [0, 0.05) is 38.6 Å². The monoisotopic (exact) mass is 479 g/mol. The largest absolute Gasteiger partial charge is 0.495 e. The van der Waals surface area contributed by atoms with Crippen LogP contribution in [0.5, 0.6) is 11.5 Å². The molecule has 1 aliphatic heterocycles. The number of rotatable bonds is 8. The number of nitrogens with zero attached hydrogens (tertiary/aromatic N) is 4. The molecular weight excluding hydrogens is 450 g/mol. The second kappa shape index (κ2) is 11.1. The lowest BCUT2D eigenvalue weighted by atomic mass is 10.2. The van der Waals surface area contributed by atoms with Crippen molar-refractivity contribution in [2.75, 3.05) is 61.3 Å². The molecule has 0 unspecified atom stereocenters. The van der Waals surface area contributed by atoms with E-state index < -0.39 is 0 Å². The number of benzene rings is 2. The van der Waals surface area contributed by atoms with E-state index in [0.29, 0.717) is 11.4 Å². The van der Waals surface area contributed by atoms with Gasteiger partial charge in [0.05, 0.1) is 31.3 Å². The summed E-state index contributed by atoms with van der Waals surface area (Å²) in [6, 6.07) is 13.8. The molecule has 178 valence electrons. The van der Waals surface area contributed by atoms with Gasteiger partial charge < -0.3 is 24.6 Å². The minimum Gasteiger partial charge on any atom is -0.495 e. The van der Waals surface area contributed by atoms with Crippen molar-refractivity contribution in [1.29, 1.82) is 0 Å². The topological polar surface area (TPSA) is 79.8 Å². The molecule has 1 N–H and O–H groups in total. The highest BCUT2D eigenvalue weighted by Gasteiger charge is 2.23. The molecule has 4 rings (SSSR count). The SMILES string of the molecule is COc1ccc(C)cc1NC(=O)CSc1nccnc1N1CCN(c2ccccc2OC)CC1. The zero-order chi connectivity index (χ0) is 23.9. The van der Waals surface area contributed by atoms with Gasteiger partial charge in [0.1, 0.15) is 16.5 Å². The van der Waals surface area contributed by atoms with Crippen molar-refractivity contribution in [3.05, 3.63) is 60.4 Å². The fourth-order valence-corrected chi connectivity index (χ4v) is 4.71. The third kappa shape index (κ3) is 5.53. The van der Waals surface area contributed by atoms with Crippen LogP contribution in [0.15, 0.2) is 59.9 Å². The summed E-state index contributed by atoms with van der Waals surface area (Å²) in [6.45, 7) is 5.26. The maximum Gasteiger partial charge on any atom is 0.234 e. The second-order valence-electron chi connectivity index (χ2n) is 7.87. The van der Waals surface area contributed by atoms with E-state index in [-0.39, 0.29) is 11.7 Å². The summed E-state index contributed by atoms with van der Waals surface area (Å²) >= 11 is 1.39. The van der Waals surface area contributed by atoms with Crippen LogP contribution in [-0.4, -0.2) is 62.0 Å². The Morgan fingerprint density at radius 1 is 0.971 bits per heavy atom. The molecule has 1 fully saturated rings. The van der Waals surface area contributed by atoms with Crippen molar-refractivity contribution in [2.24, 2.45) is 0 Å². The Morgan fingerprint density at radius 3 is 2.44 bits per heavy atom. The Bertz CT molecular complexity index is 1140. The van der Waals surface area contributed by atoms with Crippen molar-refractivity contribution >= 4 is 34.9 Å². The lowest BCUT2D eigenvalue weighted by molar-refractivity contribution is -0.113. The van der Waals surface area contributed by atoms with Crippen LogP contribution in [0.2, 0.25) is 0 Å². The number of thioether (sulfide) groups is 1. The summed E-state index contributed by atoms with van der Waals surface area (Å²) in [5, 5.41) is 3.69. The Morgan fingerprint density at radius 2 is 1.68 bits per heavy atom. The summed E-state index contributed by atoms with van der Waals surface area (Å²) < 4.78 is 10.9. The molecule has 3 aromatic rings. The van der Waals surface area contributed by atoms with Gasteiger partial charge in [-0.3, -0.25) is 4.79 Å². The van der Waals surface area contributed by atoms with E-state index in [2.05, 4.69) is 31.2 Å². The van der Waals surface area contributed by atoms with Gasteiger partial charge in [0.15, 0.2) is 5.82 Å². The minimum atomic E-state index is -0.119. The van der Waals surface area contributed by atoms with Crippen LogP contribution in [0, 0.1) is 6.92 Å². The molecule has 0 aliphatic carbocycles. The number of hydrogen-bond acceptors (Lipinski definition) is 8. The summed E-state index contributed by atoms with van der Waals surface area (Å²) in [4.78, 5) is 26.3. The van der Waals surface area contributed by atoms with Crippen LogP contribution in [0.4, 0.5) is 17.2 Å². The summed E-state index contributed by atoms with van der Waals surface area (Å²) in [5.41, 5.74) is 2.81. The highest BCUT2D eigenvalue weighted by Crippen LogP contribution is 2.31. The van der Waals surface area contributed by atoms with Crippen LogP contribution in [-0.2, 0) is 4.79 Å². The first-order chi connectivity index (χ1) is 16.6. The molecule has 1 amide bonds. The van der Waals surface area contributed by atoms with Crippen molar-refractivity contribution < 1.29 is 14.3 Å². The van der Waals surface area contributed by atoms with Gasteiger partial charge in [0.25, 0.3) is 0 Å². The number of hydrogen-bond donors (Lipinski definition) is 1. The second-order valence-corrected chi connectivity index (χ2v) is 8.84. The van der Waals surface area contributed by atoms with Crippen LogP contribution >= 0.6 is 11.8 Å².